The molecule has 0 spiro atoms. The van der Waals surface area contributed by atoms with Gasteiger partial charge in [-0.1, -0.05) is 40.2 Å². The molecular weight excluding hydrogens is 522 g/mol. The zero-order valence-electron chi connectivity index (χ0n) is 17.9. The molecule has 3 aromatic rings. The van der Waals surface area contributed by atoms with Crippen LogP contribution in [-0.2, 0) is 11.4 Å². The van der Waals surface area contributed by atoms with E-state index in [1.807, 2.05) is 24.3 Å². The Hall–Kier alpha value is -3.43. The van der Waals surface area contributed by atoms with Gasteiger partial charge in [0.25, 0.3) is 11.1 Å². The number of hydrogen-bond donors (Lipinski definition) is 0. The van der Waals surface area contributed by atoms with Crippen LogP contribution in [-0.4, -0.2) is 25.0 Å². The number of para-hydroxylation sites is 1. The SMILES string of the molecule is COc1cc(/C=C2\SC(=O)N(c3ccccc3)C2=O)c(Br)cc1OCc1ccc2c(c1)OCO2. The van der Waals surface area contributed by atoms with Crippen LogP contribution < -0.4 is 23.8 Å². The number of amides is 2. The summed E-state index contributed by atoms with van der Waals surface area (Å²) in [4.78, 5) is 26.9. The lowest BCUT2D eigenvalue weighted by Gasteiger charge is -2.13. The van der Waals surface area contributed by atoms with Crippen LogP contribution in [0.2, 0.25) is 0 Å². The molecule has 9 heteroatoms. The maximum absolute atomic E-state index is 12.9. The third-order valence-corrected chi connectivity index (χ3v) is 6.77. The van der Waals surface area contributed by atoms with Gasteiger partial charge in [0.05, 0.1) is 17.7 Å². The van der Waals surface area contributed by atoms with Crippen molar-refractivity contribution in [1.82, 2.24) is 0 Å². The molecule has 0 unspecified atom stereocenters. The van der Waals surface area contributed by atoms with Crippen LogP contribution >= 0.6 is 27.7 Å². The van der Waals surface area contributed by atoms with E-state index in [0.29, 0.717) is 50.2 Å². The molecule has 2 aliphatic rings. The Kier molecular flexibility index (Phi) is 6.21. The van der Waals surface area contributed by atoms with E-state index in [1.54, 1.807) is 49.6 Å². The molecule has 0 aliphatic carbocycles. The number of anilines is 1. The molecule has 0 bridgehead atoms. The molecule has 5 rings (SSSR count). The second-order valence-electron chi connectivity index (χ2n) is 7.35. The number of imide groups is 1. The largest absolute Gasteiger partial charge is 0.493 e. The molecule has 0 N–H and O–H groups in total. The summed E-state index contributed by atoms with van der Waals surface area (Å²) in [6.45, 7) is 0.516. The second-order valence-corrected chi connectivity index (χ2v) is 9.20. The van der Waals surface area contributed by atoms with Crippen LogP contribution in [0.15, 0.2) is 70.0 Å². The number of hydrogen-bond acceptors (Lipinski definition) is 7. The quantitative estimate of drug-likeness (QED) is 0.355. The number of carbonyl (C=O) groups is 2. The van der Waals surface area contributed by atoms with Gasteiger partial charge in [-0.3, -0.25) is 9.59 Å². The first kappa shape index (κ1) is 22.4. The van der Waals surface area contributed by atoms with Gasteiger partial charge in [0, 0.05) is 4.47 Å². The van der Waals surface area contributed by atoms with E-state index in [9.17, 15) is 9.59 Å². The van der Waals surface area contributed by atoms with Crippen LogP contribution in [0.5, 0.6) is 23.0 Å². The van der Waals surface area contributed by atoms with Gasteiger partial charge in [0.2, 0.25) is 6.79 Å². The van der Waals surface area contributed by atoms with Crippen molar-refractivity contribution in [2.24, 2.45) is 0 Å². The minimum Gasteiger partial charge on any atom is -0.493 e. The van der Waals surface area contributed by atoms with Crippen molar-refractivity contribution in [3.63, 3.8) is 0 Å². The van der Waals surface area contributed by atoms with Gasteiger partial charge in [0.15, 0.2) is 23.0 Å². The summed E-state index contributed by atoms with van der Waals surface area (Å²) in [7, 11) is 1.55. The molecule has 2 amide bonds. The average Bonchev–Trinajstić information content (AvgIpc) is 3.42. The lowest BCUT2D eigenvalue weighted by molar-refractivity contribution is -0.113. The number of methoxy groups -OCH3 is 1. The van der Waals surface area contributed by atoms with Crippen molar-refractivity contribution < 1.29 is 28.5 Å². The van der Waals surface area contributed by atoms with Gasteiger partial charge in [-0.25, -0.2) is 4.90 Å². The standard InChI is InChI=1S/C25H18BrNO6S/c1-30-20-10-16(11-23-24(28)27(25(29)34-23)17-5-3-2-4-6-17)18(26)12-22(20)31-13-15-7-8-19-21(9-15)33-14-32-19/h2-12H,13-14H2,1H3/b23-11-. The molecule has 0 radical (unpaired) electrons. The molecule has 1 fully saturated rings. The van der Waals surface area contributed by atoms with E-state index >= 15 is 0 Å². The third-order valence-electron chi connectivity index (χ3n) is 5.21. The number of rotatable bonds is 6. The molecule has 34 heavy (non-hydrogen) atoms. The van der Waals surface area contributed by atoms with Crippen molar-refractivity contribution in [3.8, 4) is 23.0 Å². The molecule has 0 saturated carbocycles. The highest BCUT2D eigenvalue weighted by molar-refractivity contribution is 9.10. The molecule has 3 aromatic carbocycles. The summed E-state index contributed by atoms with van der Waals surface area (Å²) in [6.07, 6.45) is 1.67. The molecule has 1 saturated heterocycles. The number of carbonyl (C=O) groups excluding carboxylic acids is 2. The van der Waals surface area contributed by atoms with Gasteiger partial charge < -0.3 is 18.9 Å². The van der Waals surface area contributed by atoms with E-state index < -0.39 is 0 Å². The average molecular weight is 540 g/mol. The van der Waals surface area contributed by atoms with E-state index in [1.165, 1.54) is 4.90 Å². The minimum atomic E-state index is -0.366. The Bertz CT molecular complexity index is 1310. The monoisotopic (exact) mass is 539 g/mol. The van der Waals surface area contributed by atoms with Crippen LogP contribution in [0.3, 0.4) is 0 Å². The van der Waals surface area contributed by atoms with Crippen LogP contribution in [0, 0.1) is 0 Å². The molecule has 2 heterocycles. The van der Waals surface area contributed by atoms with Crippen molar-refractivity contribution >= 4 is 50.6 Å². The van der Waals surface area contributed by atoms with Gasteiger partial charge in [-0.05, 0) is 65.4 Å². The first-order valence-corrected chi connectivity index (χ1v) is 11.9. The molecule has 0 atom stereocenters. The molecule has 172 valence electrons. The summed E-state index contributed by atoms with van der Waals surface area (Å²) in [5.74, 6) is 2.06. The second kappa shape index (κ2) is 9.44. The summed E-state index contributed by atoms with van der Waals surface area (Å²) in [5.41, 5.74) is 2.14. The number of nitrogens with zero attached hydrogens (tertiary/aromatic N) is 1. The predicted molar refractivity (Wildman–Crippen MR) is 132 cm³/mol. The Labute approximate surface area is 208 Å². The van der Waals surface area contributed by atoms with Gasteiger partial charge in [-0.2, -0.15) is 0 Å². The van der Waals surface area contributed by atoms with Crippen molar-refractivity contribution in [1.29, 1.82) is 0 Å². The third kappa shape index (κ3) is 4.36. The topological polar surface area (TPSA) is 74.3 Å². The number of halogens is 1. The maximum Gasteiger partial charge on any atom is 0.298 e. The van der Waals surface area contributed by atoms with E-state index in [-0.39, 0.29) is 17.9 Å². The summed E-state index contributed by atoms with van der Waals surface area (Å²) >= 11 is 4.44. The fraction of sp³-hybridized carbons (Fsp3) is 0.120. The first-order chi connectivity index (χ1) is 16.5. The zero-order chi connectivity index (χ0) is 23.7. The smallest absolute Gasteiger partial charge is 0.298 e. The number of thioether (sulfide) groups is 1. The van der Waals surface area contributed by atoms with Gasteiger partial charge in [-0.15, -0.1) is 0 Å². The molecule has 7 nitrogen and oxygen atoms in total. The Balaban J connectivity index is 1.37. The van der Waals surface area contributed by atoms with E-state index in [4.69, 9.17) is 18.9 Å². The Morgan fingerprint density at radius 2 is 1.82 bits per heavy atom. The minimum absolute atomic E-state index is 0.215. The van der Waals surface area contributed by atoms with Crippen molar-refractivity contribution in [2.75, 3.05) is 18.8 Å². The lowest BCUT2D eigenvalue weighted by Crippen LogP contribution is -2.27. The van der Waals surface area contributed by atoms with Crippen LogP contribution in [0.4, 0.5) is 10.5 Å². The normalized spacial score (nSPS) is 15.8. The van der Waals surface area contributed by atoms with Crippen LogP contribution in [0.1, 0.15) is 11.1 Å². The predicted octanol–water partition coefficient (Wildman–Crippen LogP) is 6.01. The first-order valence-electron chi connectivity index (χ1n) is 10.3. The highest BCUT2D eigenvalue weighted by atomic mass is 79.9. The number of fused-ring (bicyclic) bond motifs is 1. The number of benzene rings is 3. The van der Waals surface area contributed by atoms with Crippen molar-refractivity contribution in [2.45, 2.75) is 6.61 Å². The van der Waals surface area contributed by atoms with Crippen molar-refractivity contribution in [3.05, 3.63) is 81.2 Å². The molecule has 0 aromatic heterocycles. The van der Waals surface area contributed by atoms with Gasteiger partial charge in [0.1, 0.15) is 6.61 Å². The Morgan fingerprint density at radius 1 is 1.03 bits per heavy atom. The fourth-order valence-corrected chi connectivity index (χ4v) is 4.80. The highest BCUT2D eigenvalue weighted by Crippen LogP contribution is 2.40. The highest BCUT2D eigenvalue weighted by Gasteiger charge is 2.36. The Morgan fingerprint density at radius 3 is 2.62 bits per heavy atom. The van der Waals surface area contributed by atoms with Crippen LogP contribution in [0.25, 0.3) is 6.08 Å². The molecule has 2 aliphatic heterocycles. The maximum atomic E-state index is 12.9. The molecular formula is C25H18BrNO6S. The summed E-state index contributed by atoms with van der Waals surface area (Å²) in [6, 6.07) is 18.0. The lowest BCUT2D eigenvalue weighted by atomic mass is 10.1. The zero-order valence-corrected chi connectivity index (χ0v) is 20.4. The summed E-state index contributed by atoms with van der Waals surface area (Å²) in [5, 5.41) is -0.339. The number of ether oxygens (including phenoxy) is 4. The summed E-state index contributed by atoms with van der Waals surface area (Å²) < 4.78 is 22.9. The fourth-order valence-electron chi connectivity index (χ4n) is 3.53. The van der Waals surface area contributed by atoms with Gasteiger partial charge >= 0.3 is 0 Å². The van der Waals surface area contributed by atoms with E-state index in [0.717, 1.165) is 17.3 Å². The van der Waals surface area contributed by atoms with E-state index in [2.05, 4.69) is 15.9 Å².